The van der Waals surface area contributed by atoms with Gasteiger partial charge in [0.15, 0.2) is 6.61 Å². The summed E-state index contributed by atoms with van der Waals surface area (Å²) in [6, 6.07) is 13.3. The van der Waals surface area contributed by atoms with Crippen molar-refractivity contribution in [2.75, 3.05) is 23.3 Å². The van der Waals surface area contributed by atoms with E-state index in [4.69, 9.17) is 9.26 Å². The lowest BCUT2D eigenvalue weighted by molar-refractivity contribution is 0.102. The van der Waals surface area contributed by atoms with E-state index in [0.29, 0.717) is 23.0 Å². The fraction of sp³-hybridized carbons (Fsp3) is 0.318. The Morgan fingerprint density at radius 3 is 2.69 bits per heavy atom. The molecule has 0 atom stereocenters. The third-order valence-corrected chi connectivity index (χ3v) is 4.99. The first kappa shape index (κ1) is 19.0. The predicted molar refractivity (Wildman–Crippen MR) is 110 cm³/mol. The molecule has 0 unspecified atom stereocenters. The monoisotopic (exact) mass is 392 g/mol. The van der Waals surface area contributed by atoms with Crippen LogP contribution in [0.1, 0.15) is 40.5 Å². The van der Waals surface area contributed by atoms with E-state index in [0.717, 1.165) is 24.3 Å². The maximum Gasteiger partial charge on any atom is 0.259 e. The first-order chi connectivity index (χ1) is 14.1. The molecule has 0 spiro atoms. The van der Waals surface area contributed by atoms with Gasteiger partial charge in [0.1, 0.15) is 5.75 Å². The number of aryl methyl sites for hydroxylation is 2. The van der Waals surface area contributed by atoms with Gasteiger partial charge in [-0.3, -0.25) is 4.79 Å². The van der Waals surface area contributed by atoms with Gasteiger partial charge in [0.25, 0.3) is 5.91 Å². The molecule has 2 heterocycles. The summed E-state index contributed by atoms with van der Waals surface area (Å²) in [6.45, 7) is 6.04. The first-order valence-electron chi connectivity index (χ1n) is 9.78. The third-order valence-electron chi connectivity index (χ3n) is 4.99. The zero-order valence-electron chi connectivity index (χ0n) is 16.6. The Kier molecular flexibility index (Phi) is 5.46. The molecule has 3 aromatic rings. The van der Waals surface area contributed by atoms with Crippen LogP contribution in [0.5, 0.6) is 5.75 Å². The van der Waals surface area contributed by atoms with Crippen molar-refractivity contribution in [3.8, 4) is 5.75 Å². The number of amides is 1. The molecule has 1 aliphatic heterocycles. The summed E-state index contributed by atoms with van der Waals surface area (Å²) in [5, 5.41) is 6.81. The fourth-order valence-electron chi connectivity index (χ4n) is 3.47. The van der Waals surface area contributed by atoms with Gasteiger partial charge in [0.05, 0.1) is 5.56 Å². The Morgan fingerprint density at radius 1 is 1.17 bits per heavy atom. The highest BCUT2D eigenvalue weighted by molar-refractivity contribution is 6.06. The van der Waals surface area contributed by atoms with E-state index in [1.165, 1.54) is 18.5 Å². The minimum absolute atomic E-state index is 0.130. The molecule has 1 amide bonds. The standard InChI is InChI=1S/C22H24N4O3/c1-15-13-17(26-11-5-6-12-26)9-10-19(15)24-22(27)18-7-3-4-8-20(18)28-14-21-23-16(2)29-25-21/h3-4,7-10,13H,5-6,11-12,14H2,1-2H3,(H,24,27). The smallest absolute Gasteiger partial charge is 0.259 e. The lowest BCUT2D eigenvalue weighted by Gasteiger charge is -2.19. The molecule has 7 heteroatoms. The Balaban J connectivity index is 1.47. The maximum atomic E-state index is 12.9. The Hall–Kier alpha value is -3.35. The molecule has 4 rings (SSSR count). The van der Waals surface area contributed by atoms with E-state index >= 15 is 0 Å². The van der Waals surface area contributed by atoms with Crippen LogP contribution >= 0.6 is 0 Å². The number of anilines is 2. The molecular weight excluding hydrogens is 368 g/mol. The zero-order chi connectivity index (χ0) is 20.2. The number of nitrogens with zero attached hydrogens (tertiary/aromatic N) is 3. The van der Waals surface area contributed by atoms with Crippen LogP contribution in [-0.4, -0.2) is 29.1 Å². The number of nitrogens with one attached hydrogen (secondary N) is 1. The van der Waals surface area contributed by atoms with Gasteiger partial charge in [-0.1, -0.05) is 17.3 Å². The second-order valence-corrected chi connectivity index (χ2v) is 7.16. The highest BCUT2D eigenvalue weighted by Gasteiger charge is 2.16. The summed E-state index contributed by atoms with van der Waals surface area (Å²) in [7, 11) is 0. The van der Waals surface area contributed by atoms with E-state index in [-0.39, 0.29) is 12.5 Å². The number of carbonyl (C=O) groups excluding carboxylic acids is 1. The Bertz CT molecular complexity index is 1010. The Labute approximate surface area is 169 Å². The molecule has 1 fully saturated rings. The summed E-state index contributed by atoms with van der Waals surface area (Å²) in [5.41, 5.74) is 3.48. The average Bonchev–Trinajstić information content (AvgIpc) is 3.40. The van der Waals surface area contributed by atoms with Crippen molar-refractivity contribution in [1.82, 2.24) is 10.1 Å². The normalized spacial score (nSPS) is 13.5. The fourth-order valence-corrected chi connectivity index (χ4v) is 3.47. The zero-order valence-corrected chi connectivity index (χ0v) is 16.6. The number of rotatable bonds is 6. The minimum Gasteiger partial charge on any atom is -0.485 e. The van der Waals surface area contributed by atoms with Crippen molar-refractivity contribution in [3.05, 3.63) is 65.3 Å². The number of ether oxygens (including phenoxy) is 1. The van der Waals surface area contributed by atoms with Gasteiger partial charge >= 0.3 is 0 Å². The molecule has 0 radical (unpaired) electrons. The topological polar surface area (TPSA) is 80.5 Å². The van der Waals surface area contributed by atoms with E-state index in [1.807, 2.05) is 25.1 Å². The largest absolute Gasteiger partial charge is 0.485 e. The van der Waals surface area contributed by atoms with E-state index < -0.39 is 0 Å². The van der Waals surface area contributed by atoms with Gasteiger partial charge in [-0.25, -0.2) is 0 Å². The van der Waals surface area contributed by atoms with Gasteiger partial charge in [-0.15, -0.1) is 0 Å². The molecule has 1 aromatic heterocycles. The minimum atomic E-state index is -0.220. The molecule has 0 bridgehead atoms. The Morgan fingerprint density at radius 2 is 1.97 bits per heavy atom. The molecular formula is C22H24N4O3. The molecule has 1 aliphatic rings. The summed E-state index contributed by atoms with van der Waals surface area (Å²) in [6.07, 6.45) is 2.47. The van der Waals surface area contributed by atoms with E-state index in [9.17, 15) is 4.79 Å². The molecule has 1 saturated heterocycles. The summed E-state index contributed by atoms with van der Waals surface area (Å²) in [4.78, 5) is 19.4. The van der Waals surface area contributed by atoms with Crippen molar-refractivity contribution in [3.63, 3.8) is 0 Å². The van der Waals surface area contributed by atoms with Crippen LogP contribution in [0.2, 0.25) is 0 Å². The third kappa shape index (κ3) is 4.39. The van der Waals surface area contributed by atoms with E-state index in [1.54, 1.807) is 19.1 Å². The summed E-state index contributed by atoms with van der Waals surface area (Å²) < 4.78 is 10.7. The number of para-hydroxylation sites is 1. The van der Waals surface area contributed by atoms with Crippen LogP contribution in [0.3, 0.4) is 0 Å². The predicted octanol–water partition coefficient (Wildman–Crippen LogP) is 4.12. The van der Waals surface area contributed by atoms with Crippen molar-refractivity contribution in [1.29, 1.82) is 0 Å². The molecule has 29 heavy (non-hydrogen) atoms. The second-order valence-electron chi connectivity index (χ2n) is 7.16. The number of hydrogen-bond acceptors (Lipinski definition) is 6. The van der Waals surface area contributed by atoms with Crippen molar-refractivity contribution in [2.24, 2.45) is 0 Å². The molecule has 0 aliphatic carbocycles. The number of hydrogen-bond donors (Lipinski definition) is 1. The molecule has 7 nitrogen and oxygen atoms in total. The van der Waals surface area contributed by atoms with Crippen LogP contribution in [0.15, 0.2) is 47.0 Å². The van der Waals surface area contributed by atoms with Gasteiger partial charge in [-0.2, -0.15) is 4.98 Å². The van der Waals surface area contributed by atoms with E-state index in [2.05, 4.69) is 32.5 Å². The van der Waals surface area contributed by atoms with Crippen LogP contribution in [0.25, 0.3) is 0 Å². The number of benzene rings is 2. The lowest BCUT2D eigenvalue weighted by atomic mass is 10.1. The van der Waals surface area contributed by atoms with Crippen LogP contribution in [-0.2, 0) is 6.61 Å². The first-order valence-corrected chi connectivity index (χ1v) is 9.78. The highest BCUT2D eigenvalue weighted by atomic mass is 16.5. The van der Waals surface area contributed by atoms with Crippen LogP contribution in [0.4, 0.5) is 11.4 Å². The van der Waals surface area contributed by atoms with Gasteiger partial charge < -0.3 is 19.5 Å². The SMILES string of the molecule is Cc1nc(COc2ccccc2C(=O)Nc2ccc(N3CCCC3)cc2C)no1. The molecule has 0 saturated carbocycles. The lowest BCUT2D eigenvalue weighted by Crippen LogP contribution is -2.18. The van der Waals surface area contributed by atoms with Gasteiger partial charge in [-0.05, 0) is 55.7 Å². The molecule has 2 aromatic carbocycles. The van der Waals surface area contributed by atoms with Crippen LogP contribution < -0.4 is 15.0 Å². The number of aromatic nitrogens is 2. The van der Waals surface area contributed by atoms with Crippen LogP contribution in [0, 0.1) is 13.8 Å². The molecule has 1 N–H and O–H groups in total. The number of carbonyl (C=O) groups is 1. The van der Waals surface area contributed by atoms with Crippen molar-refractivity contribution >= 4 is 17.3 Å². The second kappa shape index (κ2) is 8.34. The highest BCUT2D eigenvalue weighted by Crippen LogP contribution is 2.27. The van der Waals surface area contributed by atoms with Crippen molar-refractivity contribution < 1.29 is 14.1 Å². The quantitative estimate of drug-likeness (QED) is 0.680. The summed E-state index contributed by atoms with van der Waals surface area (Å²) >= 11 is 0. The maximum absolute atomic E-state index is 12.9. The average molecular weight is 392 g/mol. The summed E-state index contributed by atoms with van der Waals surface area (Å²) in [5.74, 6) is 1.16. The molecule has 150 valence electrons. The van der Waals surface area contributed by atoms with Gasteiger partial charge in [0.2, 0.25) is 11.7 Å². The van der Waals surface area contributed by atoms with Gasteiger partial charge in [0, 0.05) is 31.4 Å². The van der Waals surface area contributed by atoms with Crippen molar-refractivity contribution in [2.45, 2.75) is 33.3 Å².